The number of nitrogens with zero attached hydrogens (tertiary/aromatic N) is 3. The topological polar surface area (TPSA) is 47.4 Å². The molecule has 0 bridgehead atoms. The Labute approximate surface area is 171 Å². The average Bonchev–Trinajstić information content (AvgIpc) is 3.51. The molecule has 0 spiro atoms. The van der Waals surface area contributed by atoms with Crippen LogP contribution >= 0.6 is 0 Å². The molecule has 1 aliphatic carbocycles. The van der Waals surface area contributed by atoms with Crippen molar-refractivity contribution in [2.24, 2.45) is 5.92 Å². The van der Waals surface area contributed by atoms with E-state index in [1.165, 1.54) is 12.8 Å². The smallest absolute Gasteiger partial charge is 0.227 e. The molecule has 1 atom stereocenters. The quantitative estimate of drug-likeness (QED) is 0.564. The number of ether oxygens (including phenoxy) is 1. The predicted octanol–water partition coefficient (Wildman–Crippen LogP) is 4.65. The van der Waals surface area contributed by atoms with Crippen molar-refractivity contribution in [3.63, 3.8) is 0 Å². The van der Waals surface area contributed by atoms with E-state index in [1.54, 1.807) is 7.11 Å². The fourth-order valence-corrected chi connectivity index (χ4v) is 3.72. The lowest BCUT2D eigenvalue weighted by molar-refractivity contribution is -0.119. The van der Waals surface area contributed by atoms with Crippen LogP contribution in [0.25, 0.3) is 5.69 Å². The van der Waals surface area contributed by atoms with Crippen LogP contribution < -0.4 is 9.64 Å². The Balaban J connectivity index is 1.46. The highest BCUT2D eigenvalue weighted by Gasteiger charge is 2.34. The van der Waals surface area contributed by atoms with Gasteiger partial charge in [-0.25, -0.2) is 4.68 Å². The molecule has 1 amide bonds. The molecule has 5 nitrogen and oxygen atoms in total. The van der Waals surface area contributed by atoms with Crippen molar-refractivity contribution in [1.29, 1.82) is 0 Å². The van der Waals surface area contributed by atoms with Gasteiger partial charge in [-0.15, -0.1) is 0 Å². The van der Waals surface area contributed by atoms with Crippen LogP contribution in [0.4, 0.5) is 5.69 Å². The van der Waals surface area contributed by atoms with E-state index >= 15 is 0 Å². The van der Waals surface area contributed by atoms with Gasteiger partial charge in [0.05, 0.1) is 19.0 Å². The molecule has 29 heavy (non-hydrogen) atoms. The number of hydrogen-bond acceptors (Lipinski definition) is 3. The minimum absolute atomic E-state index is 0.155. The van der Waals surface area contributed by atoms with E-state index in [2.05, 4.69) is 12.0 Å². The minimum Gasteiger partial charge on any atom is -0.497 e. The number of aromatic nitrogens is 2. The molecule has 3 aromatic rings. The fraction of sp³-hybridized carbons (Fsp3) is 0.333. The lowest BCUT2D eigenvalue weighted by Crippen LogP contribution is -2.40. The molecule has 1 heterocycles. The lowest BCUT2D eigenvalue weighted by Gasteiger charge is -2.30. The Kier molecular flexibility index (Phi) is 5.65. The normalized spacial score (nSPS) is 14.4. The number of benzene rings is 2. The molecule has 4 rings (SSSR count). The van der Waals surface area contributed by atoms with Crippen molar-refractivity contribution in [3.05, 3.63) is 72.6 Å². The first kappa shape index (κ1) is 19.2. The van der Waals surface area contributed by atoms with Crippen molar-refractivity contribution in [2.45, 2.75) is 38.6 Å². The molecule has 1 unspecified atom stereocenters. The Morgan fingerprint density at radius 3 is 2.55 bits per heavy atom. The number of aryl methyl sites for hydroxylation is 1. The van der Waals surface area contributed by atoms with Crippen LogP contribution in [0.2, 0.25) is 0 Å². The predicted molar refractivity (Wildman–Crippen MR) is 115 cm³/mol. The van der Waals surface area contributed by atoms with E-state index in [-0.39, 0.29) is 11.9 Å². The first-order chi connectivity index (χ1) is 14.2. The summed E-state index contributed by atoms with van der Waals surface area (Å²) in [5.74, 6) is 1.55. The third-order valence-electron chi connectivity index (χ3n) is 5.62. The molecule has 5 heteroatoms. The van der Waals surface area contributed by atoms with Crippen molar-refractivity contribution < 1.29 is 9.53 Å². The van der Waals surface area contributed by atoms with Gasteiger partial charge in [-0.1, -0.05) is 18.2 Å². The molecule has 0 aliphatic heterocycles. The molecule has 150 valence electrons. The van der Waals surface area contributed by atoms with Gasteiger partial charge in [-0.3, -0.25) is 4.79 Å². The molecule has 2 aromatic carbocycles. The molecule has 1 fully saturated rings. The first-order valence-corrected chi connectivity index (χ1v) is 10.2. The van der Waals surface area contributed by atoms with Crippen LogP contribution in [0.5, 0.6) is 5.75 Å². The fourth-order valence-electron chi connectivity index (χ4n) is 3.72. The summed E-state index contributed by atoms with van der Waals surface area (Å²) in [6.07, 6.45) is 7.39. The molecular formula is C24H27N3O2. The highest BCUT2D eigenvalue weighted by molar-refractivity contribution is 5.94. The summed E-state index contributed by atoms with van der Waals surface area (Å²) in [7, 11) is 1.65. The number of rotatable bonds is 8. The van der Waals surface area contributed by atoms with Gasteiger partial charge in [0, 0.05) is 24.3 Å². The van der Waals surface area contributed by atoms with Crippen molar-refractivity contribution >= 4 is 11.6 Å². The maximum atomic E-state index is 13.2. The van der Waals surface area contributed by atoms with Crippen LogP contribution in [0.3, 0.4) is 0 Å². The molecule has 0 N–H and O–H groups in total. The zero-order valence-corrected chi connectivity index (χ0v) is 17.0. The Bertz CT molecular complexity index is 946. The first-order valence-electron chi connectivity index (χ1n) is 10.2. The van der Waals surface area contributed by atoms with Gasteiger partial charge < -0.3 is 9.64 Å². The number of anilines is 1. The van der Waals surface area contributed by atoms with Crippen LogP contribution in [0.1, 0.15) is 31.7 Å². The molecular weight excluding hydrogens is 362 g/mol. The van der Waals surface area contributed by atoms with Gasteiger partial charge in [0.2, 0.25) is 5.91 Å². The summed E-state index contributed by atoms with van der Waals surface area (Å²) >= 11 is 0. The van der Waals surface area contributed by atoms with Crippen LogP contribution in [0, 0.1) is 5.92 Å². The van der Waals surface area contributed by atoms with E-state index in [4.69, 9.17) is 4.74 Å². The van der Waals surface area contributed by atoms with Gasteiger partial charge >= 0.3 is 0 Å². The standard InChI is InChI=1S/C24H27N3O2/c1-18(20-9-10-20)27(22-11-13-23(29-2)14-12-22)24(28)15-8-19-16-25-26(17-19)21-6-4-3-5-7-21/h3-7,11-14,16-18,20H,8-10,15H2,1-2H3. The summed E-state index contributed by atoms with van der Waals surface area (Å²) in [6.45, 7) is 2.16. The Hall–Kier alpha value is -3.08. The molecule has 1 aliphatic rings. The Morgan fingerprint density at radius 2 is 1.90 bits per heavy atom. The summed E-state index contributed by atoms with van der Waals surface area (Å²) in [4.78, 5) is 15.2. The van der Waals surface area contributed by atoms with Gasteiger partial charge in [0.15, 0.2) is 0 Å². The second kappa shape index (κ2) is 8.52. The third kappa shape index (κ3) is 4.50. The largest absolute Gasteiger partial charge is 0.497 e. The van der Waals surface area contributed by atoms with Crippen molar-refractivity contribution in [1.82, 2.24) is 9.78 Å². The minimum atomic E-state index is 0.155. The van der Waals surface area contributed by atoms with Gasteiger partial charge in [0.25, 0.3) is 0 Å². The van der Waals surface area contributed by atoms with E-state index in [1.807, 2.05) is 76.6 Å². The number of carbonyl (C=O) groups is 1. The van der Waals surface area contributed by atoms with E-state index < -0.39 is 0 Å². The summed E-state index contributed by atoms with van der Waals surface area (Å²) in [5.41, 5.74) is 3.03. The Morgan fingerprint density at radius 1 is 1.17 bits per heavy atom. The highest BCUT2D eigenvalue weighted by Crippen LogP contribution is 2.37. The van der Waals surface area contributed by atoms with E-state index in [9.17, 15) is 4.79 Å². The number of hydrogen-bond donors (Lipinski definition) is 0. The molecule has 1 aromatic heterocycles. The van der Waals surface area contributed by atoms with Gasteiger partial charge in [-0.2, -0.15) is 5.10 Å². The summed E-state index contributed by atoms with van der Waals surface area (Å²) in [5, 5.41) is 4.44. The van der Waals surface area contributed by atoms with Crippen molar-refractivity contribution in [3.8, 4) is 11.4 Å². The van der Waals surface area contributed by atoms with Crippen LogP contribution in [-0.2, 0) is 11.2 Å². The maximum absolute atomic E-state index is 13.2. The van der Waals surface area contributed by atoms with E-state index in [0.29, 0.717) is 18.8 Å². The average molecular weight is 389 g/mol. The van der Waals surface area contributed by atoms with Crippen LogP contribution in [0.15, 0.2) is 67.0 Å². The number of methoxy groups -OCH3 is 1. The summed E-state index contributed by atoms with van der Waals surface area (Å²) in [6, 6.07) is 18.0. The molecule has 0 radical (unpaired) electrons. The lowest BCUT2D eigenvalue weighted by atomic mass is 10.1. The second-order valence-corrected chi connectivity index (χ2v) is 7.67. The zero-order chi connectivity index (χ0) is 20.2. The third-order valence-corrected chi connectivity index (χ3v) is 5.62. The molecule has 0 saturated heterocycles. The number of carbonyl (C=O) groups excluding carboxylic acids is 1. The zero-order valence-electron chi connectivity index (χ0n) is 17.0. The maximum Gasteiger partial charge on any atom is 0.227 e. The SMILES string of the molecule is COc1ccc(N(C(=O)CCc2cnn(-c3ccccc3)c2)C(C)C2CC2)cc1. The van der Waals surface area contributed by atoms with Gasteiger partial charge in [0.1, 0.15) is 5.75 Å². The summed E-state index contributed by atoms with van der Waals surface area (Å²) < 4.78 is 7.12. The number of amides is 1. The monoisotopic (exact) mass is 389 g/mol. The second-order valence-electron chi connectivity index (χ2n) is 7.67. The van der Waals surface area contributed by atoms with E-state index in [0.717, 1.165) is 22.7 Å². The number of para-hydroxylation sites is 1. The van der Waals surface area contributed by atoms with Crippen molar-refractivity contribution in [2.75, 3.05) is 12.0 Å². The molecule has 1 saturated carbocycles. The highest BCUT2D eigenvalue weighted by atomic mass is 16.5. The van der Waals surface area contributed by atoms with Gasteiger partial charge in [-0.05, 0) is 74.1 Å². The van der Waals surface area contributed by atoms with Crippen LogP contribution in [-0.4, -0.2) is 28.8 Å².